The molecule has 2 heterocycles. The van der Waals surface area contributed by atoms with Crippen LogP contribution in [-0.4, -0.2) is 28.0 Å². The van der Waals surface area contributed by atoms with Crippen LogP contribution in [0.25, 0.3) is 10.9 Å². The lowest BCUT2D eigenvalue weighted by Gasteiger charge is -2.14. The second-order valence-electron chi connectivity index (χ2n) is 7.45. The summed E-state index contributed by atoms with van der Waals surface area (Å²) in [5.41, 5.74) is 0.766. The maximum absolute atomic E-state index is 13.9. The van der Waals surface area contributed by atoms with Crippen molar-refractivity contribution in [1.82, 2.24) is 9.55 Å². The summed E-state index contributed by atoms with van der Waals surface area (Å²) in [7, 11) is 0. The highest BCUT2D eigenvalue weighted by molar-refractivity contribution is 7.99. The van der Waals surface area contributed by atoms with Crippen molar-refractivity contribution in [2.24, 2.45) is 0 Å². The van der Waals surface area contributed by atoms with Gasteiger partial charge in [-0.15, -0.1) is 0 Å². The fourth-order valence-electron chi connectivity index (χ4n) is 3.53. The molecule has 1 aliphatic rings. The average molecular weight is 481 g/mol. The van der Waals surface area contributed by atoms with E-state index in [0.717, 1.165) is 35.5 Å². The molecule has 7 nitrogen and oxygen atoms in total. The van der Waals surface area contributed by atoms with E-state index in [9.17, 15) is 18.4 Å². The van der Waals surface area contributed by atoms with E-state index >= 15 is 0 Å². The predicted molar refractivity (Wildman–Crippen MR) is 123 cm³/mol. The van der Waals surface area contributed by atoms with Crippen LogP contribution in [-0.2, 0) is 11.3 Å². The van der Waals surface area contributed by atoms with Gasteiger partial charge in [0.25, 0.3) is 5.56 Å². The van der Waals surface area contributed by atoms with Gasteiger partial charge in [0, 0.05) is 6.07 Å². The van der Waals surface area contributed by atoms with Crippen LogP contribution in [0.1, 0.15) is 5.56 Å². The molecule has 5 rings (SSSR count). The van der Waals surface area contributed by atoms with E-state index in [1.807, 2.05) is 6.07 Å². The van der Waals surface area contributed by atoms with E-state index in [0.29, 0.717) is 27.6 Å². The quantitative estimate of drug-likeness (QED) is 0.329. The Kier molecular flexibility index (Phi) is 5.89. The number of aromatic nitrogens is 2. The van der Waals surface area contributed by atoms with E-state index in [-0.39, 0.29) is 30.3 Å². The van der Waals surface area contributed by atoms with E-state index in [2.05, 4.69) is 10.3 Å². The second kappa shape index (κ2) is 9.14. The van der Waals surface area contributed by atoms with Gasteiger partial charge in [0.2, 0.25) is 12.7 Å². The van der Waals surface area contributed by atoms with Crippen molar-refractivity contribution < 1.29 is 23.0 Å². The number of benzene rings is 3. The largest absolute Gasteiger partial charge is 0.454 e. The third kappa shape index (κ3) is 4.44. The van der Waals surface area contributed by atoms with Crippen molar-refractivity contribution in [2.45, 2.75) is 11.7 Å². The number of carbonyl (C=O) groups excluding carboxylic acids is 1. The molecular formula is C24H17F2N3O4S. The van der Waals surface area contributed by atoms with Gasteiger partial charge < -0.3 is 14.8 Å². The number of thioether (sulfide) groups is 1. The minimum Gasteiger partial charge on any atom is -0.454 e. The van der Waals surface area contributed by atoms with E-state index in [4.69, 9.17) is 9.47 Å². The van der Waals surface area contributed by atoms with Gasteiger partial charge in [0.15, 0.2) is 16.7 Å². The number of hydrogen-bond donors (Lipinski definition) is 1. The van der Waals surface area contributed by atoms with Crippen molar-refractivity contribution in [2.75, 3.05) is 17.9 Å². The molecule has 0 saturated heterocycles. The highest BCUT2D eigenvalue weighted by Gasteiger charge is 2.17. The van der Waals surface area contributed by atoms with Gasteiger partial charge in [-0.1, -0.05) is 30.0 Å². The van der Waals surface area contributed by atoms with Crippen LogP contribution in [0.3, 0.4) is 0 Å². The van der Waals surface area contributed by atoms with Crippen LogP contribution in [0.15, 0.2) is 70.6 Å². The highest BCUT2D eigenvalue weighted by Crippen LogP contribution is 2.33. The van der Waals surface area contributed by atoms with E-state index in [1.165, 1.54) is 4.57 Å². The summed E-state index contributed by atoms with van der Waals surface area (Å²) in [5.74, 6) is -0.927. The number of nitrogens with zero attached hydrogens (tertiary/aromatic N) is 2. The lowest BCUT2D eigenvalue weighted by atomic mass is 10.2. The van der Waals surface area contributed by atoms with Crippen molar-refractivity contribution in [3.05, 3.63) is 88.2 Å². The van der Waals surface area contributed by atoms with Gasteiger partial charge in [-0.3, -0.25) is 14.2 Å². The molecule has 1 aromatic heterocycles. The Morgan fingerprint density at radius 1 is 1.06 bits per heavy atom. The molecule has 0 radical (unpaired) electrons. The number of halogens is 2. The predicted octanol–water partition coefficient (Wildman–Crippen LogP) is 4.18. The van der Waals surface area contributed by atoms with Crippen LogP contribution < -0.4 is 20.3 Å². The van der Waals surface area contributed by atoms with Crippen LogP contribution in [0.5, 0.6) is 11.5 Å². The zero-order chi connectivity index (χ0) is 23.7. The van der Waals surface area contributed by atoms with Gasteiger partial charge in [0.05, 0.1) is 28.9 Å². The molecule has 0 unspecified atom stereocenters. The molecule has 10 heteroatoms. The summed E-state index contributed by atoms with van der Waals surface area (Å²) in [5, 5.41) is 3.11. The summed E-state index contributed by atoms with van der Waals surface area (Å²) < 4.78 is 39.5. The first-order valence-electron chi connectivity index (χ1n) is 10.2. The molecule has 3 aromatic carbocycles. The van der Waals surface area contributed by atoms with Crippen molar-refractivity contribution in [1.29, 1.82) is 0 Å². The first kappa shape index (κ1) is 21.9. The Labute approximate surface area is 196 Å². The number of ether oxygens (including phenoxy) is 2. The van der Waals surface area contributed by atoms with Crippen LogP contribution in [0.4, 0.5) is 14.5 Å². The SMILES string of the molecule is O=C(CSc1nc2ccccc2c(=O)n1Cc1ccc2c(c1)OCO2)Nc1cc(F)ccc1F. The number of rotatable bonds is 6. The minimum atomic E-state index is -0.747. The zero-order valence-electron chi connectivity index (χ0n) is 17.6. The Morgan fingerprint density at radius 2 is 1.88 bits per heavy atom. The highest BCUT2D eigenvalue weighted by atomic mass is 32.2. The molecule has 1 amide bonds. The van der Waals surface area contributed by atoms with Gasteiger partial charge >= 0.3 is 0 Å². The molecule has 172 valence electrons. The Balaban J connectivity index is 1.43. The second-order valence-corrected chi connectivity index (χ2v) is 8.39. The first-order valence-corrected chi connectivity index (χ1v) is 11.2. The molecule has 0 fully saturated rings. The smallest absolute Gasteiger partial charge is 0.262 e. The molecule has 4 aromatic rings. The Bertz CT molecular complexity index is 1470. The number of carbonyl (C=O) groups is 1. The maximum Gasteiger partial charge on any atom is 0.262 e. The van der Waals surface area contributed by atoms with Gasteiger partial charge in [-0.2, -0.15) is 0 Å². The summed E-state index contributed by atoms with van der Waals surface area (Å²) in [6, 6.07) is 15.1. The first-order chi connectivity index (χ1) is 16.5. The molecule has 0 spiro atoms. The molecule has 0 saturated carbocycles. The molecule has 1 N–H and O–H groups in total. The Morgan fingerprint density at radius 3 is 2.76 bits per heavy atom. The summed E-state index contributed by atoms with van der Waals surface area (Å²) in [6.07, 6.45) is 0. The fraction of sp³-hybridized carbons (Fsp3) is 0.125. The van der Waals surface area contributed by atoms with Crippen molar-refractivity contribution >= 4 is 34.3 Å². The fourth-order valence-corrected chi connectivity index (χ4v) is 4.33. The third-order valence-electron chi connectivity index (χ3n) is 5.14. The number of amides is 1. The summed E-state index contributed by atoms with van der Waals surface area (Å²) in [4.78, 5) is 30.3. The number of anilines is 1. The normalized spacial score (nSPS) is 12.2. The minimum absolute atomic E-state index is 0.137. The molecule has 0 bridgehead atoms. The molecule has 0 aliphatic carbocycles. The average Bonchev–Trinajstić information content (AvgIpc) is 3.30. The van der Waals surface area contributed by atoms with Gasteiger partial charge in [-0.05, 0) is 42.0 Å². The molecule has 1 aliphatic heterocycles. The lowest BCUT2D eigenvalue weighted by molar-refractivity contribution is -0.113. The van der Waals surface area contributed by atoms with Gasteiger partial charge in [0.1, 0.15) is 11.6 Å². The zero-order valence-corrected chi connectivity index (χ0v) is 18.4. The monoisotopic (exact) mass is 481 g/mol. The maximum atomic E-state index is 13.9. The van der Waals surface area contributed by atoms with Gasteiger partial charge in [-0.25, -0.2) is 13.8 Å². The van der Waals surface area contributed by atoms with E-state index in [1.54, 1.807) is 36.4 Å². The summed E-state index contributed by atoms with van der Waals surface area (Å²) in [6.45, 7) is 0.328. The van der Waals surface area contributed by atoms with Crippen LogP contribution in [0, 0.1) is 11.6 Å². The summed E-state index contributed by atoms with van der Waals surface area (Å²) >= 11 is 1.03. The van der Waals surface area contributed by atoms with Crippen LogP contribution in [0.2, 0.25) is 0 Å². The third-order valence-corrected chi connectivity index (χ3v) is 6.12. The standard InChI is InChI=1S/C24H17F2N3O4S/c25-15-6-7-17(26)19(10-15)27-22(30)12-34-24-28-18-4-2-1-3-16(18)23(31)29(24)11-14-5-8-20-21(9-14)33-13-32-20/h1-10H,11-13H2,(H,27,30). The van der Waals surface area contributed by atoms with Crippen molar-refractivity contribution in [3.63, 3.8) is 0 Å². The Hall–Kier alpha value is -3.92. The lowest BCUT2D eigenvalue weighted by Crippen LogP contribution is -2.25. The number of hydrogen-bond acceptors (Lipinski definition) is 6. The number of para-hydroxylation sites is 1. The molecule has 0 atom stereocenters. The number of nitrogens with one attached hydrogen (secondary N) is 1. The van der Waals surface area contributed by atoms with E-state index < -0.39 is 17.5 Å². The van der Waals surface area contributed by atoms with Crippen molar-refractivity contribution in [3.8, 4) is 11.5 Å². The molecule has 34 heavy (non-hydrogen) atoms. The topological polar surface area (TPSA) is 82.5 Å². The van der Waals surface area contributed by atoms with Crippen LogP contribution >= 0.6 is 11.8 Å². The molecular weight excluding hydrogens is 464 g/mol. The number of fused-ring (bicyclic) bond motifs is 2.